The molecular weight excluding hydrogens is 188 g/mol. The monoisotopic (exact) mass is 212 g/mol. The molecule has 1 amide bonds. The topological polar surface area (TPSA) is 41.1 Å². The molecule has 1 aliphatic rings. The van der Waals surface area contributed by atoms with Crippen LogP contribution in [0.4, 0.5) is 0 Å². The first-order valence-electron chi connectivity index (χ1n) is 6.10. The van der Waals surface area contributed by atoms with E-state index < -0.39 is 0 Å². The predicted molar refractivity (Wildman–Crippen MR) is 62.7 cm³/mol. The minimum Gasteiger partial charge on any atom is -0.356 e. The molecule has 0 spiro atoms. The van der Waals surface area contributed by atoms with E-state index in [0.29, 0.717) is 5.92 Å². The summed E-state index contributed by atoms with van der Waals surface area (Å²) in [4.78, 5) is 12.0. The van der Waals surface area contributed by atoms with Crippen molar-refractivity contribution in [3.63, 3.8) is 0 Å². The molecule has 1 atom stereocenters. The Balaban J connectivity index is 2.37. The fraction of sp³-hybridized carbons (Fsp3) is 0.917. The molecule has 88 valence electrons. The molecule has 1 fully saturated rings. The van der Waals surface area contributed by atoms with E-state index in [2.05, 4.69) is 31.4 Å². The smallest absolute Gasteiger partial charge is 0.227 e. The summed E-state index contributed by atoms with van der Waals surface area (Å²) in [6.45, 7) is 9.10. The first-order chi connectivity index (χ1) is 7.10. The van der Waals surface area contributed by atoms with Crippen LogP contribution >= 0.6 is 0 Å². The summed E-state index contributed by atoms with van der Waals surface area (Å²) in [7, 11) is 0. The van der Waals surface area contributed by atoms with E-state index in [1.165, 1.54) is 0 Å². The van der Waals surface area contributed by atoms with E-state index in [-0.39, 0.29) is 11.3 Å². The number of hydrogen-bond donors (Lipinski definition) is 2. The van der Waals surface area contributed by atoms with Crippen molar-refractivity contribution in [1.29, 1.82) is 0 Å². The van der Waals surface area contributed by atoms with Crippen LogP contribution in [0.5, 0.6) is 0 Å². The number of rotatable bonds is 5. The van der Waals surface area contributed by atoms with Gasteiger partial charge in [0.05, 0.1) is 5.41 Å². The summed E-state index contributed by atoms with van der Waals surface area (Å²) in [5, 5.41) is 6.35. The molecule has 1 rings (SSSR count). The maximum Gasteiger partial charge on any atom is 0.227 e. The number of amides is 1. The van der Waals surface area contributed by atoms with Crippen LogP contribution in [0.2, 0.25) is 0 Å². The van der Waals surface area contributed by atoms with Crippen molar-refractivity contribution in [2.24, 2.45) is 11.3 Å². The van der Waals surface area contributed by atoms with Gasteiger partial charge in [-0.2, -0.15) is 0 Å². The van der Waals surface area contributed by atoms with Gasteiger partial charge >= 0.3 is 0 Å². The highest BCUT2D eigenvalue weighted by Crippen LogP contribution is 2.29. The Bertz CT molecular complexity index is 208. The molecule has 0 bridgehead atoms. The Kier molecular flexibility index (Phi) is 4.58. The normalized spacial score (nSPS) is 25.9. The van der Waals surface area contributed by atoms with Crippen LogP contribution in [0.25, 0.3) is 0 Å². The Morgan fingerprint density at radius 3 is 2.73 bits per heavy atom. The van der Waals surface area contributed by atoms with Gasteiger partial charge < -0.3 is 10.6 Å². The van der Waals surface area contributed by atoms with Crippen molar-refractivity contribution in [1.82, 2.24) is 10.6 Å². The molecule has 0 saturated carbocycles. The maximum absolute atomic E-state index is 12.0. The summed E-state index contributed by atoms with van der Waals surface area (Å²) < 4.78 is 0. The summed E-state index contributed by atoms with van der Waals surface area (Å²) in [6, 6.07) is 0. The highest BCUT2D eigenvalue weighted by atomic mass is 16.2. The van der Waals surface area contributed by atoms with Crippen LogP contribution in [-0.2, 0) is 4.79 Å². The Morgan fingerprint density at radius 2 is 2.27 bits per heavy atom. The quantitative estimate of drug-likeness (QED) is 0.726. The summed E-state index contributed by atoms with van der Waals surface area (Å²) >= 11 is 0. The van der Waals surface area contributed by atoms with Crippen molar-refractivity contribution in [2.45, 2.75) is 40.0 Å². The Hall–Kier alpha value is -0.570. The second-order valence-corrected chi connectivity index (χ2v) is 5.00. The van der Waals surface area contributed by atoms with Crippen LogP contribution < -0.4 is 10.6 Å². The fourth-order valence-corrected chi connectivity index (χ4v) is 2.06. The van der Waals surface area contributed by atoms with Crippen molar-refractivity contribution in [3.8, 4) is 0 Å². The van der Waals surface area contributed by atoms with E-state index in [1.807, 2.05) is 0 Å². The first kappa shape index (κ1) is 12.5. The zero-order valence-electron chi connectivity index (χ0n) is 10.2. The molecule has 0 aromatic heterocycles. The van der Waals surface area contributed by atoms with E-state index >= 15 is 0 Å². The van der Waals surface area contributed by atoms with Crippen LogP contribution in [0.15, 0.2) is 0 Å². The largest absolute Gasteiger partial charge is 0.356 e. The molecule has 0 aromatic carbocycles. The van der Waals surface area contributed by atoms with Gasteiger partial charge in [-0.1, -0.05) is 20.8 Å². The van der Waals surface area contributed by atoms with Crippen molar-refractivity contribution in [3.05, 3.63) is 0 Å². The van der Waals surface area contributed by atoms with E-state index in [9.17, 15) is 4.79 Å². The molecule has 0 radical (unpaired) electrons. The summed E-state index contributed by atoms with van der Waals surface area (Å²) in [6.07, 6.45) is 2.99. The van der Waals surface area contributed by atoms with Crippen molar-refractivity contribution < 1.29 is 4.79 Å². The lowest BCUT2D eigenvalue weighted by Crippen LogP contribution is -2.42. The molecule has 1 unspecified atom stereocenters. The van der Waals surface area contributed by atoms with Crippen LogP contribution in [-0.4, -0.2) is 25.5 Å². The molecule has 15 heavy (non-hydrogen) atoms. The average molecular weight is 212 g/mol. The molecule has 3 nitrogen and oxygen atoms in total. The number of hydrogen-bond acceptors (Lipinski definition) is 2. The first-order valence-corrected chi connectivity index (χ1v) is 6.10. The molecule has 1 saturated heterocycles. The lowest BCUT2D eigenvalue weighted by atomic mass is 9.83. The minimum atomic E-state index is -0.128. The molecule has 2 N–H and O–H groups in total. The van der Waals surface area contributed by atoms with Gasteiger partial charge in [0, 0.05) is 13.1 Å². The molecule has 1 heterocycles. The Morgan fingerprint density at radius 1 is 1.53 bits per heavy atom. The van der Waals surface area contributed by atoms with Gasteiger partial charge in [0.2, 0.25) is 5.91 Å². The predicted octanol–water partition coefficient (Wildman–Crippen LogP) is 1.54. The third-order valence-corrected chi connectivity index (χ3v) is 3.41. The van der Waals surface area contributed by atoms with E-state index in [0.717, 1.165) is 38.9 Å². The summed E-state index contributed by atoms with van der Waals surface area (Å²) in [5.74, 6) is 0.903. The lowest BCUT2D eigenvalue weighted by molar-refractivity contribution is -0.130. The highest BCUT2D eigenvalue weighted by molar-refractivity contribution is 5.83. The van der Waals surface area contributed by atoms with E-state index in [4.69, 9.17) is 0 Å². The average Bonchev–Trinajstić information content (AvgIpc) is 2.66. The second kappa shape index (κ2) is 5.50. The number of carbonyl (C=O) groups is 1. The Labute approximate surface area is 93.0 Å². The van der Waals surface area contributed by atoms with Crippen LogP contribution in [0, 0.1) is 11.3 Å². The van der Waals surface area contributed by atoms with Gasteiger partial charge in [0.25, 0.3) is 0 Å². The van der Waals surface area contributed by atoms with Gasteiger partial charge in [-0.3, -0.25) is 4.79 Å². The van der Waals surface area contributed by atoms with Crippen LogP contribution in [0.3, 0.4) is 0 Å². The van der Waals surface area contributed by atoms with Crippen LogP contribution in [0.1, 0.15) is 40.0 Å². The zero-order valence-corrected chi connectivity index (χ0v) is 10.2. The summed E-state index contributed by atoms with van der Waals surface area (Å²) in [5.41, 5.74) is -0.128. The van der Waals surface area contributed by atoms with E-state index in [1.54, 1.807) is 0 Å². The lowest BCUT2D eigenvalue weighted by Gasteiger charge is -2.25. The molecule has 0 aromatic rings. The maximum atomic E-state index is 12.0. The van der Waals surface area contributed by atoms with Gasteiger partial charge in [-0.25, -0.2) is 0 Å². The molecule has 0 aliphatic carbocycles. The van der Waals surface area contributed by atoms with Gasteiger partial charge in [0.1, 0.15) is 0 Å². The molecular formula is C12H24N2O. The fourth-order valence-electron chi connectivity index (χ4n) is 2.06. The second-order valence-electron chi connectivity index (χ2n) is 5.00. The van der Waals surface area contributed by atoms with Crippen molar-refractivity contribution >= 4 is 5.91 Å². The number of nitrogens with one attached hydrogen (secondary N) is 2. The minimum absolute atomic E-state index is 0.128. The zero-order chi connectivity index (χ0) is 11.3. The molecule has 1 aliphatic heterocycles. The standard InChI is InChI=1S/C12H24N2O/c1-4-12(6-8-13-9-12)11(15)14-7-5-10(2)3/h10,13H,4-9H2,1-3H3,(H,14,15). The van der Waals surface area contributed by atoms with Gasteiger partial charge in [-0.05, 0) is 31.7 Å². The number of carbonyl (C=O) groups excluding carboxylic acids is 1. The van der Waals surface area contributed by atoms with Crippen molar-refractivity contribution in [2.75, 3.05) is 19.6 Å². The highest BCUT2D eigenvalue weighted by Gasteiger charge is 2.38. The van der Waals surface area contributed by atoms with Gasteiger partial charge in [-0.15, -0.1) is 0 Å². The van der Waals surface area contributed by atoms with Gasteiger partial charge in [0.15, 0.2) is 0 Å². The molecule has 3 heteroatoms. The third-order valence-electron chi connectivity index (χ3n) is 3.41. The third kappa shape index (κ3) is 3.20. The SMILES string of the molecule is CCC1(C(=O)NCCC(C)C)CCNC1.